The van der Waals surface area contributed by atoms with Crippen molar-refractivity contribution in [3.05, 3.63) is 77.1 Å². The van der Waals surface area contributed by atoms with Crippen LogP contribution in [-0.4, -0.2) is 43.9 Å². The zero-order chi connectivity index (χ0) is 26.7. The summed E-state index contributed by atoms with van der Waals surface area (Å²) in [7, 11) is 0. The van der Waals surface area contributed by atoms with Gasteiger partial charge in [-0.05, 0) is 68.8 Å². The summed E-state index contributed by atoms with van der Waals surface area (Å²) in [6.07, 6.45) is 1.16. The summed E-state index contributed by atoms with van der Waals surface area (Å²) < 4.78 is 15.9. The Kier molecular flexibility index (Phi) is 6.87. The molecule has 0 unspecified atom stereocenters. The summed E-state index contributed by atoms with van der Waals surface area (Å²) in [4.78, 5) is 17.4. The molecule has 0 radical (unpaired) electrons. The fraction of sp³-hybridized carbons (Fsp3) is 0.222. The van der Waals surface area contributed by atoms with E-state index in [2.05, 4.69) is 32.9 Å². The number of hydrogen-bond acceptors (Lipinski definition) is 7. The van der Waals surface area contributed by atoms with Gasteiger partial charge < -0.3 is 15.7 Å². The van der Waals surface area contributed by atoms with E-state index in [0.29, 0.717) is 39.4 Å². The van der Waals surface area contributed by atoms with Crippen molar-refractivity contribution in [3.63, 3.8) is 0 Å². The van der Waals surface area contributed by atoms with E-state index in [1.54, 1.807) is 53.9 Å². The number of fused-ring (bicyclic) bond motifs is 1. The summed E-state index contributed by atoms with van der Waals surface area (Å²) in [6, 6.07) is 16.3. The Balaban J connectivity index is 1.73. The van der Waals surface area contributed by atoms with Crippen LogP contribution in [0.25, 0.3) is 16.9 Å². The molecule has 37 heavy (non-hydrogen) atoms. The molecule has 0 aliphatic heterocycles. The predicted molar refractivity (Wildman–Crippen MR) is 136 cm³/mol. The number of nitrogens with one attached hydrogen (secondary N) is 2. The molecular weight excluding hydrogens is 473 g/mol. The van der Waals surface area contributed by atoms with E-state index in [0.717, 1.165) is 5.56 Å². The number of alkyl halides is 1. The number of aliphatic hydroxyl groups is 1. The van der Waals surface area contributed by atoms with Gasteiger partial charge >= 0.3 is 0 Å². The van der Waals surface area contributed by atoms with Crippen molar-refractivity contribution in [2.45, 2.75) is 32.5 Å². The van der Waals surface area contributed by atoms with Gasteiger partial charge in [-0.25, -0.2) is 8.91 Å². The molecule has 1 atom stereocenters. The van der Waals surface area contributed by atoms with E-state index in [4.69, 9.17) is 5.26 Å². The van der Waals surface area contributed by atoms with Crippen LogP contribution >= 0.6 is 0 Å². The van der Waals surface area contributed by atoms with Crippen molar-refractivity contribution < 1.29 is 14.3 Å². The van der Waals surface area contributed by atoms with Crippen LogP contribution < -0.4 is 10.6 Å². The number of nitrogens with zero attached hydrogens (tertiary/aromatic N) is 5. The Hall–Kier alpha value is -4.80. The van der Waals surface area contributed by atoms with Crippen LogP contribution in [0.3, 0.4) is 0 Å². The third kappa shape index (κ3) is 5.40. The summed E-state index contributed by atoms with van der Waals surface area (Å²) >= 11 is 0. The molecular formula is C27H24FN7O2. The normalized spacial score (nSPS) is 12.0. The van der Waals surface area contributed by atoms with Crippen LogP contribution in [0.5, 0.6) is 0 Å². The summed E-state index contributed by atoms with van der Waals surface area (Å²) in [6.45, 7) is 4.08. The number of rotatable bonds is 7. The number of aromatic nitrogens is 3. The first-order valence-electron chi connectivity index (χ1n) is 11.4. The molecule has 1 aromatic carbocycles. The van der Waals surface area contributed by atoms with Crippen LogP contribution in [0, 0.1) is 29.6 Å². The van der Waals surface area contributed by atoms with Gasteiger partial charge in [0.1, 0.15) is 12.2 Å². The van der Waals surface area contributed by atoms with E-state index in [9.17, 15) is 19.6 Å². The fourth-order valence-electron chi connectivity index (χ4n) is 3.68. The van der Waals surface area contributed by atoms with Crippen molar-refractivity contribution >= 4 is 22.8 Å². The second-order valence-electron chi connectivity index (χ2n) is 9.12. The van der Waals surface area contributed by atoms with Crippen molar-refractivity contribution in [2.24, 2.45) is 0 Å². The molecule has 4 rings (SSSR count). The van der Waals surface area contributed by atoms with Crippen LogP contribution in [0.1, 0.15) is 40.9 Å². The van der Waals surface area contributed by atoms with Gasteiger partial charge in [-0.3, -0.25) is 9.78 Å². The molecule has 9 nitrogen and oxygen atoms in total. The number of carbonyl (C=O) groups excluding carboxylic acids is 1. The Morgan fingerprint density at radius 3 is 2.62 bits per heavy atom. The molecule has 186 valence electrons. The lowest BCUT2D eigenvalue weighted by molar-refractivity contribution is -0.00177. The number of halogens is 1. The molecule has 0 spiro atoms. The standard InChI is InChI=1S/C27H24FN7O2/c1-16-8-19(5-4-18(16)12-30)34-22-10-23(24-7-6-20-9-17(11-29)13-33-35(20)24)31-14-21(22)26(36)32-15-25(28)27(2,3)37/h4-10,13-14,25,37H,15H2,1-3H3,(H,31,34)(H,32,36)/t25-/m1/s1. The number of pyridine rings is 1. The molecule has 0 fully saturated rings. The third-order valence-electron chi connectivity index (χ3n) is 5.87. The van der Waals surface area contributed by atoms with Gasteiger partial charge in [0.15, 0.2) is 0 Å². The van der Waals surface area contributed by atoms with Crippen molar-refractivity contribution in [1.29, 1.82) is 10.5 Å². The highest BCUT2D eigenvalue weighted by molar-refractivity contribution is 6.00. The molecule has 1 amide bonds. The first-order valence-corrected chi connectivity index (χ1v) is 11.4. The van der Waals surface area contributed by atoms with E-state index >= 15 is 0 Å². The Morgan fingerprint density at radius 2 is 1.95 bits per heavy atom. The van der Waals surface area contributed by atoms with Gasteiger partial charge in [-0.1, -0.05) is 0 Å². The highest BCUT2D eigenvalue weighted by Crippen LogP contribution is 2.28. The molecule has 0 bridgehead atoms. The monoisotopic (exact) mass is 497 g/mol. The maximum absolute atomic E-state index is 14.2. The van der Waals surface area contributed by atoms with Gasteiger partial charge in [0, 0.05) is 11.9 Å². The van der Waals surface area contributed by atoms with Crippen LogP contribution in [-0.2, 0) is 0 Å². The molecule has 3 N–H and O–H groups in total. The van der Waals surface area contributed by atoms with Crippen molar-refractivity contribution in [1.82, 2.24) is 19.9 Å². The largest absolute Gasteiger partial charge is 0.387 e. The average molecular weight is 498 g/mol. The molecule has 3 aromatic heterocycles. The molecule has 0 aliphatic carbocycles. The second-order valence-corrected chi connectivity index (χ2v) is 9.12. The lowest BCUT2D eigenvalue weighted by Gasteiger charge is -2.22. The zero-order valence-corrected chi connectivity index (χ0v) is 20.5. The SMILES string of the molecule is Cc1cc(Nc2cc(-c3ccc4cc(C#N)cnn34)ncc2C(=O)NC[C@@H](F)C(C)(C)O)ccc1C#N. The van der Waals surface area contributed by atoms with Crippen molar-refractivity contribution in [2.75, 3.05) is 11.9 Å². The van der Waals surface area contributed by atoms with Gasteiger partial charge in [-0.2, -0.15) is 15.6 Å². The lowest BCUT2D eigenvalue weighted by Crippen LogP contribution is -2.42. The minimum Gasteiger partial charge on any atom is -0.387 e. The number of amides is 1. The van der Waals surface area contributed by atoms with Crippen LogP contribution in [0.2, 0.25) is 0 Å². The number of hydrogen-bond donors (Lipinski definition) is 3. The molecule has 4 aromatic rings. The maximum atomic E-state index is 14.2. The van der Waals surface area contributed by atoms with E-state index < -0.39 is 17.7 Å². The Morgan fingerprint density at radius 1 is 1.16 bits per heavy atom. The Bertz CT molecular complexity index is 1570. The smallest absolute Gasteiger partial charge is 0.255 e. The molecule has 0 saturated carbocycles. The van der Waals surface area contributed by atoms with Crippen LogP contribution in [0.15, 0.2) is 54.9 Å². The fourth-order valence-corrected chi connectivity index (χ4v) is 3.68. The second kappa shape index (κ2) is 10.1. The van der Waals surface area contributed by atoms with Gasteiger partial charge in [0.05, 0.1) is 63.7 Å². The van der Waals surface area contributed by atoms with E-state index in [1.165, 1.54) is 26.2 Å². The summed E-state index contributed by atoms with van der Waals surface area (Å²) in [5.41, 5.74) is 3.14. The van der Waals surface area contributed by atoms with E-state index in [1.807, 2.05) is 0 Å². The number of benzene rings is 1. The van der Waals surface area contributed by atoms with Gasteiger partial charge in [-0.15, -0.1) is 0 Å². The summed E-state index contributed by atoms with van der Waals surface area (Å²) in [5.74, 6) is -0.573. The van der Waals surface area contributed by atoms with Gasteiger partial charge in [0.25, 0.3) is 5.91 Å². The zero-order valence-electron chi connectivity index (χ0n) is 20.5. The number of carbonyl (C=O) groups is 1. The minimum absolute atomic E-state index is 0.161. The first-order chi connectivity index (χ1) is 17.6. The van der Waals surface area contributed by atoms with Gasteiger partial charge in [0.2, 0.25) is 0 Å². The molecule has 3 heterocycles. The minimum atomic E-state index is -1.67. The van der Waals surface area contributed by atoms with Crippen molar-refractivity contribution in [3.8, 4) is 23.5 Å². The number of anilines is 2. The average Bonchev–Trinajstić information content (AvgIpc) is 3.29. The molecule has 0 saturated heterocycles. The number of aryl methyl sites for hydroxylation is 1. The lowest BCUT2D eigenvalue weighted by atomic mass is 10.0. The Labute approximate surface area is 212 Å². The molecule has 0 aliphatic rings. The van der Waals surface area contributed by atoms with Crippen LogP contribution in [0.4, 0.5) is 15.8 Å². The number of nitriles is 2. The summed E-state index contributed by atoms with van der Waals surface area (Å²) in [5, 5.41) is 38.3. The quantitative estimate of drug-likeness (QED) is 0.350. The predicted octanol–water partition coefficient (Wildman–Crippen LogP) is 4.03. The maximum Gasteiger partial charge on any atom is 0.255 e. The third-order valence-corrected chi connectivity index (χ3v) is 5.87. The highest BCUT2D eigenvalue weighted by Gasteiger charge is 2.27. The highest BCUT2D eigenvalue weighted by atomic mass is 19.1. The topological polar surface area (TPSA) is 139 Å². The first kappa shape index (κ1) is 25.3. The molecule has 10 heteroatoms. The van der Waals surface area contributed by atoms with E-state index in [-0.39, 0.29) is 12.1 Å².